The van der Waals surface area contributed by atoms with Gasteiger partial charge in [-0.3, -0.25) is 4.79 Å². The van der Waals surface area contributed by atoms with E-state index in [4.69, 9.17) is 10.8 Å². The summed E-state index contributed by atoms with van der Waals surface area (Å²) in [4.78, 5) is 11.4. The number of carbonyl (C=O) groups is 1. The molecule has 0 aromatic heterocycles. The van der Waals surface area contributed by atoms with Crippen molar-refractivity contribution in [2.45, 2.75) is 25.8 Å². The van der Waals surface area contributed by atoms with Gasteiger partial charge in [0.25, 0.3) is 0 Å². The van der Waals surface area contributed by atoms with E-state index in [9.17, 15) is 4.79 Å². The lowest BCUT2D eigenvalue weighted by Crippen LogP contribution is -2.20. The SMILES string of the molecule is CCC(=O)C(N)c1ccc(CCO)cc1. The van der Waals surface area contributed by atoms with Crippen molar-refractivity contribution in [3.63, 3.8) is 0 Å². The molecule has 0 fully saturated rings. The van der Waals surface area contributed by atoms with Crippen LogP contribution in [0.3, 0.4) is 0 Å². The van der Waals surface area contributed by atoms with Gasteiger partial charge in [-0.05, 0) is 17.5 Å². The fraction of sp³-hybridized carbons (Fsp3) is 0.417. The third-order valence-electron chi connectivity index (χ3n) is 2.43. The highest BCUT2D eigenvalue weighted by Gasteiger charge is 2.12. The summed E-state index contributed by atoms with van der Waals surface area (Å²) in [6.45, 7) is 1.95. The summed E-state index contributed by atoms with van der Waals surface area (Å²) in [6.07, 6.45) is 1.09. The highest BCUT2D eigenvalue weighted by molar-refractivity contribution is 5.84. The third-order valence-corrected chi connectivity index (χ3v) is 2.43. The second-order valence-corrected chi connectivity index (χ2v) is 3.51. The van der Waals surface area contributed by atoms with Gasteiger partial charge in [-0.25, -0.2) is 0 Å². The lowest BCUT2D eigenvalue weighted by atomic mass is 10.0. The fourth-order valence-corrected chi connectivity index (χ4v) is 1.43. The molecule has 0 aliphatic rings. The molecular weight excluding hydrogens is 190 g/mol. The smallest absolute Gasteiger partial charge is 0.153 e. The molecule has 0 radical (unpaired) electrons. The Morgan fingerprint density at radius 3 is 2.47 bits per heavy atom. The Labute approximate surface area is 89.9 Å². The van der Waals surface area contributed by atoms with Crippen molar-refractivity contribution < 1.29 is 9.90 Å². The van der Waals surface area contributed by atoms with Gasteiger partial charge >= 0.3 is 0 Å². The van der Waals surface area contributed by atoms with E-state index < -0.39 is 6.04 Å². The molecular formula is C12H17NO2. The maximum absolute atomic E-state index is 11.4. The number of benzene rings is 1. The Morgan fingerprint density at radius 2 is 2.00 bits per heavy atom. The predicted molar refractivity (Wildman–Crippen MR) is 59.5 cm³/mol. The van der Waals surface area contributed by atoms with Gasteiger partial charge in [0.15, 0.2) is 5.78 Å². The van der Waals surface area contributed by atoms with Crippen LogP contribution in [0, 0.1) is 0 Å². The van der Waals surface area contributed by atoms with Gasteiger partial charge in [-0.2, -0.15) is 0 Å². The standard InChI is InChI=1S/C12H17NO2/c1-2-11(15)12(13)10-5-3-9(4-6-10)7-8-14/h3-6,12,14H,2,7-8,13H2,1H3. The zero-order valence-corrected chi connectivity index (χ0v) is 8.94. The molecule has 1 aromatic rings. The molecule has 0 bridgehead atoms. The molecule has 1 atom stereocenters. The maximum atomic E-state index is 11.4. The lowest BCUT2D eigenvalue weighted by Gasteiger charge is -2.10. The molecule has 1 unspecified atom stereocenters. The van der Waals surface area contributed by atoms with Crippen molar-refractivity contribution in [3.05, 3.63) is 35.4 Å². The number of Topliss-reactive ketones (excluding diaryl/α,β-unsaturated/α-hetero) is 1. The molecule has 0 heterocycles. The molecule has 0 saturated heterocycles. The number of carbonyl (C=O) groups excluding carboxylic acids is 1. The summed E-state index contributed by atoms with van der Waals surface area (Å²) in [6, 6.07) is 6.98. The predicted octanol–water partition coefficient (Wildman–Crippen LogP) is 1.20. The molecule has 0 spiro atoms. The minimum atomic E-state index is -0.516. The van der Waals surface area contributed by atoms with Crippen molar-refractivity contribution in [2.24, 2.45) is 5.73 Å². The van der Waals surface area contributed by atoms with E-state index in [1.807, 2.05) is 31.2 Å². The number of rotatable bonds is 5. The second kappa shape index (κ2) is 5.63. The molecule has 1 aromatic carbocycles. The monoisotopic (exact) mass is 207 g/mol. The van der Waals surface area contributed by atoms with Crippen LogP contribution < -0.4 is 5.73 Å². The molecule has 82 valence electrons. The Kier molecular flexibility index (Phi) is 4.46. The number of hydrogen-bond donors (Lipinski definition) is 2. The van der Waals surface area contributed by atoms with Crippen molar-refractivity contribution in [2.75, 3.05) is 6.61 Å². The molecule has 0 saturated carbocycles. The number of hydrogen-bond acceptors (Lipinski definition) is 3. The number of aliphatic hydroxyl groups excluding tert-OH is 1. The highest BCUT2D eigenvalue weighted by Crippen LogP contribution is 2.14. The summed E-state index contributed by atoms with van der Waals surface area (Å²) in [5.74, 6) is 0.0462. The summed E-state index contributed by atoms with van der Waals surface area (Å²) in [5.41, 5.74) is 7.66. The number of aliphatic hydroxyl groups is 1. The van der Waals surface area contributed by atoms with Crippen molar-refractivity contribution >= 4 is 5.78 Å². The summed E-state index contributed by atoms with van der Waals surface area (Å²) >= 11 is 0. The molecule has 0 aliphatic carbocycles. The first-order valence-corrected chi connectivity index (χ1v) is 5.17. The van der Waals surface area contributed by atoms with Crippen LogP contribution in [0.5, 0.6) is 0 Å². The minimum Gasteiger partial charge on any atom is -0.396 e. The van der Waals surface area contributed by atoms with Crippen LogP contribution in [0.4, 0.5) is 0 Å². The van der Waals surface area contributed by atoms with Gasteiger partial charge in [-0.15, -0.1) is 0 Å². The van der Waals surface area contributed by atoms with Crippen molar-refractivity contribution in [1.82, 2.24) is 0 Å². The van der Waals surface area contributed by atoms with Gasteiger partial charge in [0, 0.05) is 13.0 Å². The van der Waals surface area contributed by atoms with Crippen LogP contribution >= 0.6 is 0 Å². The minimum absolute atomic E-state index is 0.0462. The van der Waals surface area contributed by atoms with E-state index in [1.165, 1.54) is 0 Å². The van der Waals surface area contributed by atoms with E-state index in [1.54, 1.807) is 0 Å². The second-order valence-electron chi connectivity index (χ2n) is 3.51. The van der Waals surface area contributed by atoms with Crippen molar-refractivity contribution in [3.8, 4) is 0 Å². The zero-order valence-electron chi connectivity index (χ0n) is 8.94. The van der Waals surface area contributed by atoms with Crippen LogP contribution in [-0.2, 0) is 11.2 Å². The molecule has 3 nitrogen and oxygen atoms in total. The first-order chi connectivity index (χ1) is 7.19. The Bertz CT molecular complexity index is 319. The summed E-state index contributed by atoms with van der Waals surface area (Å²) in [7, 11) is 0. The van der Waals surface area contributed by atoms with E-state index >= 15 is 0 Å². The summed E-state index contributed by atoms with van der Waals surface area (Å²) < 4.78 is 0. The van der Waals surface area contributed by atoms with Crippen LogP contribution in [0.2, 0.25) is 0 Å². The average Bonchev–Trinajstić information content (AvgIpc) is 2.28. The lowest BCUT2D eigenvalue weighted by molar-refractivity contribution is -0.120. The van der Waals surface area contributed by atoms with Gasteiger partial charge in [-0.1, -0.05) is 31.2 Å². The average molecular weight is 207 g/mol. The topological polar surface area (TPSA) is 63.3 Å². The van der Waals surface area contributed by atoms with E-state index in [-0.39, 0.29) is 12.4 Å². The number of ketones is 1. The van der Waals surface area contributed by atoms with Gasteiger partial charge in [0.2, 0.25) is 0 Å². The van der Waals surface area contributed by atoms with Crippen LogP contribution in [0.25, 0.3) is 0 Å². The van der Waals surface area contributed by atoms with Crippen LogP contribution in [0.15, 0.2) is 24.3 Å². The van der Waals surface area contributed by atoms with E-state index in [0.717, 1.165) is 11.1 Å². The quantitative estimate of drug-likeness (QED) is 0.762. The Hall–Kier alpha value is -1.19. The first-order valence-electron chi connectivity index (χ1n) is 5.17. The van der Waals surface area contributed by atoms with E-state index in [0.29, 0.717) is 12.8 Å². The van der Waals surface area contributed by atoms with Gasteiger partial charge < -0.3 is 10.8 Å². The van der Waals surface area contributed by atoms with Crippen molar-refractivity contribution in [1.29, 1.82) is 0 Å². The third kappa shape index (κ3) is 3.15. The highest BCUT2D eigenvalue weighted by atomic mass is 16.2. The van der Waals surface area contributed by atoms with E-state index in [2.05, 4.69) is 0 Å². The van der Waals surface area contributed by atoms with Crippen LogP contribution in [0.1, 0.15) is 30.5 Å². The maximum Gasteiger partial charge on any atom is 0.153 e. The molecule has 3 N–H and O–H groups in total. The Morgan fingerprint density at radius 1 is 1.40 bits per heavy atom. The Balaban J connectivity index is 2.75. The largest absolute Gasteiger partial charge is 0.396 e. The van der Waals surface area contributed by atoms with Gasteiger partial charge in [0.1, 0.15) is 0 Å². The molecule has 3 heteroatoms. The summed E-state index contributed by atoms with van der Waals surface area (Å²) in [5, 5.41) is 8.75. The molecule has 15 heavy (non-hydrogen) atoms. The first kappa shape index (κ1) is 11.9. The zero-order chi connectivity index (χ0) is 11.3. The molecule has 1 rings (SSSR count). The molecule has 0 aliphatic heterocycles. The van der Waals surface area contributed by atoms with Crippen LogP contribution in [-0.4, -0.2) is 17.5 Å². The number of nitrogens with two attached hydrogens (primary N) is 1. The normalized spacial score (nSPS) is 12.5. The fourth-order valence-electron chi connectivity index (χ4n) is 1.43. The van der Waals surface area contributed by atoms with Gasteiger partial charge in [0.05, 0.1) is 6.04 Å². The molecule has 0 amide bonds.